The monoisotopic (exact) mass is 899 g/mol. The van der Waals surface area contributed by atoms with Crippen LogP contribution in [0.25, 0.3) is 55.3 Å². The molecule has 0 saturated heterocycles. The molecule has 2 atom stereocenters. The van der Waals surface area contributed by atoms with Crippen molar-refractivity contribution in [2.75, 3.05) is 4.90 Å². The fourth-order valence-corrected chi connectivity index (χ4v) is 12.2. The maximum absolute atomic E-state index is 4.35. The highest BCUT2D eigenvalue weighted by Gasteiger charge is 2.46. The number of hydrogen-bond acceptors (Lipinski definition) is 1. The van der Waals surface area contributed by atoms with E-state index < -0.39 is 5.41 Å². The molecule has 2 unspecified atom stereocenters. The van der Waals surface area contributed by atoms with Crippen molar-refractivity contribution in [3.8, 4) is 44.5 Å². The van der Waals surface area contributed by atoms with Crippen LogP contribution in [0.3, 0.4) is 0 Å². The van der Waals surface area contributed by atoms with Crippen molar-refractivity contribution in [3.63, 3.8) is 0 Å². The lowest BCUT2D eigenvalue weighted by Crippen LogP contribution is -2.28. The molecule has 0 bridgehead atoms. The van der Waals surface area contributed by atoms with Gasteiger partial charge in [-0.3, -0.25) is 0 Å². The van der Waals surface area contributed by atoms with Crippen LogP contribution in [0.15, 0.2) is 255 Å². The largest absolute Gasteiger partial charge is 0.310 e. The van der Waals surface area contributed by atoms with Crippen LogP contribution in [0.2, 0.25) is 0 Å². The molecular weight excluding hydrogens is 843 g/mol. The molecule has 0 spiro atoms. The lowest BCUT2D eigenvalue weighted by atomic mass is 9.68. The number of rotatable bonds is 11. The van der Waals surface area contributed by atoms with Gasteiger partial charge in [-0.05, 0) is 163 Å². The molecule has 1 heteroatoms. The molecule has 0 radical (unpaired) electrons. The van der Waals surface area contributed by atoms with E-state index in [1.54, 1.807) is 0 Å². The Morgan fingerprint density at radius 3 is 1.56 bits per heavy atom. The fraction of sp³-hybridized carbons (Fsp3) is 0.130. The number of anilines is 3. The zero-order valence-corrected chi connectivity index (χ0v) is 39.9. The summed E-state index contributed by atoms with van der Waals surface area (Å²) in [6, 6.07) is 90.1. The standard InChI is InChI=1S/C69H57N/c1-48-44-49(2)46-51(45-48)29-28-50-30-32-52(33-31-50)53-34-38-59(39-35-53)70(60-40-36-55(37-41-60)63-26-15-19-56-18-14-25-62(68(56)63)54-16-6-3-7-17-54)61-42-43-67-65(47-61)64-24-12-13-27-66(64)69(67,57-20-8-4-9-21-57)58-22-10-5-11-23-58/h3-27,30-43,47,49,51H,1,28-29,44-46H2,2H3. The molecule has 12 rings (SSSR count). The van der Waals surface area contributed by atoms with Crippen molar-refractivity contribution >= 4 is 27.8 Å². The molecule has 2 aliphatic carbocycles. The van der Waals surface area contributed by atoms with Gasteiger partial charge in [0.2, 0.25) is 0 Å². The van der Waals surface area contributed by atoms with Crippen LogP contribution in [0.4, 0.5) is 17.1 Å². The van der Waals surface area contributed by atoms with Crippen LogP contribution in [0.1, 0.15) is 60.4 Å². The van der Waals surface area contributed by atoms with Gasteiger partial charge < -0.3 is 4.90 Å². The molecule has 1 nitrogen and oxygen atoms in total. The van der Waals surface area contributed by atoms with E-state index in [2.05, 4.69) is 261 Å². The Balaban J connectivity index is 0.946. The maximum atomic E-state index is 4.35. The average molecular weight is 900 g/mol. The summed E-state index contributed by atoms with van der Waals surface area (Å²) in [4.78, 5) is 2.43. The lowest BCUT2D eigenvalue weighted by molar-refractivity contribution is 0.321. The minimum atomic E-state index is -0.461. The Bertz CT molecular complexity index is 3420. The highest BCUT2D eigenvalue weighted by molar-refractivity contribution is 6.06. The molecule has 0 N–H and O–H groups in total. The molecule has 0 heterocycles. The normalized spacial score (nSPS) is 15.9. The average Bonchev–Trinajstić information content (AvgIpc) is 3.71. The number of fused-ring (bicyclic) bond motifs is 4. The van der Waals surface area contributed by atoms with E-state index in [1.807, 2.05) is 0 Å². The van der Waals surface area contributed by atoms with Gasteiger partial charge in [0.25, 0.3) is 0 Å². The van der Waals surface area contributed by atoms with E-state index >= 15 is 0 Å². The molecule has 10 aromatic rings. The van der Waals surface area contributed by atoms with E-state index in [0.717, 1.165) is 35.3 Å². The van der Waals surface area contributed by atoms with E-state index in [4.69, 9.17) is 0 Å². The highest BCUT2D eigenvalue weighted by atomic mass is 15.1. The molecule has 0 aliphatic heterocycles. The lowest BCUT2D eigenvalue weighted by Gasteiger charge is -2.34. The number of nitrogens with zero attached hydrogens (tertiary/aromatic N) is 1. The molecule has 1 saturated carbocycles. The Kier molecular flexibility index (Phi) is 11.4. The van der Waals surface area contributed by atoms with Gasteiger partial charge in [0.1, 0.15) is 0 Å². The first-order valence-corrected chi connectivity index (χ1v) is 25.2. The molecule has 2 aliphatic rings. The van der Waals surface area contributed by atoms with Crippen LogP contribution in [-0.2, 0) is 11.8 Å². The highest BCUT2D eigenvalue weighted by Crippen LogP contribution is 2.57. The Morgan fingerprint density at radius 1 is 0.443 bits per heavy atom. The summed E-state index contributed by atoms with van der Waals surface area (Å²) >= 11 is 0. The van der Waals surface area contributed by atoms with E-state index in [-0.39, 0.29) is 0 Å². The van der Waals surface area contributed by atoms with Gasteiger partial charge in [0.15, 0.2) is 0 Å². The minimum Gasteiger partial charge on any atom is -0.310 e. The van der Waals surface area contributed by atoms with Crippen molar-refractivity contribution in [2.45, 2.75) is 44.4 Å². The number of allylic oxidation sites excluding steroid dienone is 1. The summed E-state index contributed by atoms with van der Waals surface area (Å²) in [5, 5.41) is 2.51. The first-order valence-electron chi connectivity index (χ1n) is 25.2. The van der Waals surface area contributed by atoms with Crippen molar-refractivity contribution in [1.29, 1.82) is 0 Å². The van der Waals surface area contributed by atoms with E-state index in [0.29, 0.717) is 0 Å². The maximum Gasteiger partial charge on any atom is 0.0713 e. The summed E-state index contributed by atoms with van der Waals surface area (Å²) in [6.45, 7) is 6.73. The van der Waals surface area contributed by atoms with Gasteiger partial charge in [-0.1, -0.05) is 225 Å². The first kappa shape index (κ1) is 43.3. The molecule has 338 valence electrons. The van der Waals surface area contributed by atoms with E-state index in [9.17, 15) is 0 Å². The molecular formula is C69H57N. The molecule has 0 amide bonds. The second-order valence-electron chi connectivity index (χ2n) is 19.9. The summed E-state index contributed by atoms with van der Waals surface area (Å²) < 4.78 is 0. The van der Waals surface area contributed by atoms with Crippen LogP contribution in [0, 0.1) is 11.8 Å². The minimum absolute atomic E-state index is 0.461. The predicted octanol–water partition coefficient (Wildman–Crippen LogP) is 18.6. The number of benzene rings is 10. The zero-order valence-electron chi connectivity index (χ0n) is 39.9. The number of aryl methyl sites for hydroxylation is 1. The summed E-state index contributed by atoms with van der Waals surface area (Å²) in [7, 11) is 0. The van der Waals surface area contributed by atoms with Crippen molar-refractivity contribution in [2.24, 2.45) is 11.8 Å². The van der Waals surface area contributed by atoms with Gasteiger partial charge in [0, 0.05) is 17.1 Å². The predicted molar refractivity (Wildman–Crippen MR) is 296 cm³/mol. The molecule has 0 aromatic heterocycles. The van der Waals surface area contributed by atoms with Gasteiger partial charge >= 0.3 is 0 Å². The van der Waals surface area contributed by atoms with Gasteiger partial charge in [-0.25, -0.2) is 0 Å². The quantitative estimate of drug-likeness (QED) is 0.117. The number of hydrogen-bond donors (Lipinski definition) is 0. The third-order valence-electron chi connectivity index (χ3n) is 15.3. The zero-order chi connectivity index (χ0) is 47.0. The third-order valence-corrected chi connectivity index (χ3v) is 15.3. The molecule has 70 heavy (non-hydrogen) atoms. The van der Waals surface area contributed by atoms with Gasteiger partial charge in [0.05, 0.1) is 5.41 Å². The van der Waals surface area contributed by atoms with Crippen LogP contribution < -0.4 is 4.90 Å². The van der Waals surface area contributed by atoms with Crippen molar-refractivity contribution in [1.82, 2.24) is 0 Å². The third kappa shape index (κ3) is 7.86. The van der Waals surface area contributed by atoms with Crippen LogP contribution in [-0.4, -0.2) is 0 Å². The SMILES string of the molecule is C=C1CC(C)CC(CCc2ccc(-c3ccc(N(c4ccc(-c5cccc6cccc(-c7ccccc7)c56)cc4)c4ccc5c(c4)-c4ccccc4C5(c4ccccc4)c4ccccc4)cc3)cc2)C1. The summed E-state index contributed by atoms with van der Waals surface area (Å²) in [5.74, 6) is 1.51. The second-order valence-corrected chi connectivity index (χ2v) is 19.9. The summed E-state index contributed by atoms with van der Waals surface area (Å²) in [5.41, 5.74) is 20.7. The molecule has 10 aromatic carbocycles. The van der Waals surface area contributed by atoms with Gasteiger partial charge in [-0.15, -0.1) is 0 Å². The Labute approximate surface area is 414 Å². The molecule has 1 fully saturated rings. The van der Waals surface area contributed by atoms with Crippen molar-refractivity contribution in [3.05, 3.63) is 283 Å². The van der Waals surface area contributed by atoms with Crippen LogP contribution >= 0.6 is 0 Å². The van der Waals surface area contributed by atoms with Crippen molar-refractivity contribution < 1.29 is 0 Å². The topological polar surface area (TPSA) is 3.24 Å². The van der Waals surface area contributed by atoms with Gasteiger partial charge in [-0.2, -0.15) is 0 Å². The van der Waals surface area contributed by atoms with E-state index in [1.165, 1.54) is 114 Å². The van der Waals surface area contributed by atoms with Crippen LogP contribution in [0.5, 0.6) is 0 Å². The fourth-order valence-electron chi connectivity index (χ4n) is 12.2. The smallest absolute Gasteiger partial charge is 0.0713 e. The summed E-state index contributed by atoms with van der Waals surface area (Å²) in [6.07, 6.45) is 6.07. The Morgan fingerprint density at radius 2 is 0.943 bits per heavy atom. The Hall–Kier alpha value is -8.00. The second kappa shape index (κ2) is 18.5. The first-order chi connectivity index (χ1) is 34.5.